The van der Waals surface area contributed by atoms with Gasteiger partial charge in [-0.2, -0.15) is 19.6 Å². The molecule has 0 N–H and O–H groups in total. The number of ether oxygens (including phenoxy) is 2. The maximum absolute atomic E-state index is 12.0. The van der Waals surface area contributed by atoms with Crippen molar-refractivity contribution in [1.29, 1.82) is 0 Å². The number of esters is 1. The number of hydrogen-bond donors (Lipinski definition) is 0. The van der Waals surface area contributed by atoms with Crippen molar-refractivity contribution in [2.24, 2.45) is 0 Å². The highest BCUT2D eigenvalue weighted by Gasteiger charge is 2.17. The second-order valence-electron chi connectivity index (χ2n) is 7.11. The minimum atomic E-state index is -0.556. The molecule has 0 saturated heterocycles. The molecule has 0 aliphatic rings. The first-order chi connectivity index (χ1) is 13.3. The Kier molecular flexibility index (Phi) is 5.30. The SMILES string of the molecule is COc1nc(N(C)c2ccccc2)n2ncc(C=CC(=O)OC(C)(C)C)c2n1. The van der Waals surface area contributed by atoms with Crippen molar-refractivity contribution in [2.45, 2.75) is 26.4 Å². The number of benzene rings is 1. The molecule has 0 atom stereocenters. The third kappa shape index (κ3) is 4.28. The second kappa shape index (κ2) is 7.67. The number of anilines is 2. The molecule has 2 aromatic heterocycles. The van der Waals surface area contributed by atoms with Gasteiger partial charge < -0.3 is 14.4 Å². The van der Waals surface area contributed by atoms with E-state index in [2.05, 4.69) is 15.1 Å². The predicted molar refractivity (Wildman–Crippen MR) is 107 cm³/mol. The molecule has 1 aromatic carbocycles. The van der Waals surface area contributed by atoms with Crippen LogP contribution < -0.4 is 9.64 Å². The smallest absolute Gasteiger partial charge is 0.331 e. The van der Waals surface area contributed by atoms with E-state index >= 15 is 0 Å². The van der Waals surface area contributed by atoms with Crippen molar-refractivity contribution in [2.75, 3.05) is 19.1 Å². The van der Waals surface area contributed by atoms with Gasteiger partial charge in [-0.25, -0.2) is 4.79 Å². The van der Waals surface area contributed by atoms with E-state index in [0.29, 0.717) is 17.2 Å². The molecule has 28 heavy (non-hydrogen) atoms. The minimum absolute atomic E-state index is 0.206. The Morgan fingerprint density at radius 2 is 1.89 bits per heavy atom. The summed E-state index contributed by atoms with van der Waals surface area (Å²) in [5.41, 5.74) is 1.55. The zero-order valence-electron chi connectivity index (χ0n) is 16.6. The quantitative estimate of drug-likeness (QED) is 0.495. The van der Waals surface area contributed by atoms with Gasteiger partial charge in [0, 0.05) is 24.4 Å². The second-order valence-corrected chi connectivity index (χ2v) is 7.11. The highest BCUT2D eigenvalue weighted by molar-refractivity contribution is 5.88. The van der Waals surface area contributed by atoms with Gasteiger partial charge in [0.05, 0.1) is 13.3 Å². The summed E-state index contributed by atoms with van der Waals surface area (Å²) in [6.07, 6.45) is 4.60. The zero-order chi connectivity index (χ0) is 20.3. The fourth-order valence-corrected chi connectivity index (χ4v) is 2.55. The van der Waals surface area contributed by atoms with Gasteiger partial charge in [0.2, 0.25) is 5.95 Å². The van der Waals surface area contributed by atoms with Crippen molar-refractivity contribution in [1.82, 2.24) is 19.6 Å². The topological polar surface area (TPSA) is 81.8 Å². The minimum Gasteiger partial charge on any atom is -0.467 e. The Hall–Kier alpha value is -3.42. The van der Waals surface area contributed by atoms with Crippen molar-refractivity contribution >= 4 is 29.3 Å². The molecule has 146 valence electrons. The van der Waals surface area contributed by atoms with Gasteiger partial charge in [-0.1, -0.05) is 18.2 Å². The normalized spacial score (nSPS) is 11.8. The van der Waals surface area contributed by atoms with E-state index < -0.39 is 11.6 Å². The van der Waals surface area contributed by atoms with Crippen molar-refractivity contribution < 1.29 is 14.3 Å². The number of para-hydroxylation sites is 1. The van der Waals surface area contributed by atoms with Crippen LogP contribution in [0.1, 0.15) is 26.3 Å². The molecule has 8 nitrogen and oxygen atoms in total. The number of carbonyl (C=O) groups is 1. The van der Waals surface area contributed by atoms with E-state index in [1.54, 1.807) is 16.8 Å². The number of rotatable bonds is 5. The predicted octanol–water partition coefficient (Wildman–Crippen LogP) is 3.26. The van der Waals surface area contributed by atoms with E-state index in [1.165, 1.54) is 13.2 Å². The van der Waals surface area contributed by atoms with E-state index in [-0.39, 0.29) is 6.01 Å². The number of carbonyl (C=O) groups excluding carboxylic acids is 1. The summed E-state index contributed by atoms with van der Waals surface area (Å²) in [5, 5.41) is 4.38. The maximum Gasteiger partial charge on any atom is 0.331 e. The lowest BCUT2D eigenvalue weighted by molar-refractivity contribution is -0.148. The third-order valence-electron chi connectivity index (χ3n) is 3.79. The molecule has 3 aromatic rings. The molecule has 2 heterocycles. The molecule has 8 heteroatoms. The van der Waals surface area contributed by atoms with Gasteiger partial charge in [-0.15, -0.1) is 0 Å². The van der Waals surface area contributed by atoms with Gasteiger partial charge in [0.1, 0.15) is 5.60 Å². The first kappa shape index (κ1) is 19.3. The average Bonchev–Trinajstić information content (AvgIpc) is 3.07. The molecule has 0 bridgehead atoms. The molecule has 0 aliphatic carbocycles. The van der Waals surface area contributed by atoms with Gasteiger partial charge in [0.15, 0.2) is 5.65 Å². The van der Waals surface area contributed by atoms with Crippen LogP contribution in [0.25, 0.3) is 11.7 Å². The summed E-state index contributed by atoms with van der Waals surface area (Å²) in [4.78, 5) is 22.7. The summed E-state index contributed by atoms with van der Waals surface area (Å²) in [6.45, 7) is 5.45. The van der Waals surface area contributed by atoms with E-state index in [9.17, 15) is 4.79 Å². The Balaban J connectivity index is 2.01. The summed E-state index contributed by atoms with van der Waals surface area (Å²) >= 11 is 0. The van der Waals surface area contributed by atoms with Crippen LogP contribution in [0.4, 0.5) is 11.6 Å². The molecule has 0 aliphatic heterocycles. The van der Waals surface area contributed by atoms with Gasteiger partial charge >= 0.3 is 12.0 Å². The van der Waals surface area contributed by atoms with Gasteiger partial charge in [0.25, 0.3) is 0 Å². The highest BCUT2D eigenvalue weighted by Crippen LogP contribution is 2.25. The number of aromatic nitrogens is 4. The summed E-state index contributed by atoms with van der Waals surface area (Å²) < 4.78 is 12.2. The molecular weight excluding hydrogens is 358 g/mol. The Labute approximate surface area is 163 Å². The lowest BCUT2D eigenvalue weighted by atomic mass is 10.2. The average molecular weight is 381 g/mol. The monoisotopic (exact) mass is 381 g/mol. The Morgan fingerprint density at radius 3 is 2.54 bits per heavy atom. The van der Waals surface area contributed by atoms with Gasteiger partial charge in [-0.05, 0) is 39.0 Å². The Bertz CT molecular complexity index is 1010. The fourth-order valence-electron chi connectivity index (χ4n) is 2.55. The fraction of sp³-hybridized carbons (Fsp3) is 0.300. The standard InChI is InChI=1S/C20H23N5O3/c1-20(2,3)28-16(26)12-11-14-13-21-25-17(14)22-18(27-5)23-19(25)24(4)15-9-7-6-8-10-15/h6-13H,1-5H3. The van der Waals surface area contributed by atoms with Crippen LogP contribution in [0.3, 0.4) is 0 Å². The van der Waals surface area contributed by atoms with Crippen LogP contribution in [0.2, 0.25) is 0 Å². The number of methoxy groups -OCH3 is 1. The Morgan fingerprint density at radius 1 is 1.18 bits per heavy atom. The number of fused-ring (bicyclic) bond motifs is 1. The van der Waals surface area contributed by atoms with Crippen molar-refractivity contribution in [3.05, 3.63) is 48.2 Å². The first-order valence-corrected chi connectivity index (χ1v) is 8.78. The van der Waals surface area contributed by atoms with Gasteiger partial charge in [-0.3, -0.25) is 0 Å². The third-order valence-corrected chi connectivity index (χ3v) is 3.79. The van der Waals surface area contributed by atoms with E-state index in [4.69, 9.17) is 9.47 Å². The summed E-state index contributed by atoms with van der Waals surface area (Å²) in [6, 6.07) is 9.97. The summed E-state index contributed by atoms with van der Waals surface area (Å²) in [5.74, 6) is 0.0967. The van der Waals surface area contributed by atoms with Crippen LogP contribution in [-0.4, -0.2) is 45.3 Å². The molecule has 0 radical (unpaired) electrons. The highest BCUT2D eigenvalue weighted by atomic mass is 16.6. The van der Waals surface area contributed by atoms with Crippen LogP contribution in [0.5, 0.6) is 6.01 Å². The molecule has 3 rings (SSSR count). The molecule has 0 spiro atoms. The van der Waals surface area contributed by atoms with Crippen LogP contribution in [-0.2, 0) is 9.53 Å². The van der Waals surface area contributed by atoms with Crippen molar-refractivity contribution in [3.63, 3.8) is 0 Å². The first-order valence-electron chi connectivity index (χ1n) is 8.78. The lowest BCUT2D eigenvalue weighted by Crippen LogP contribution is -2.22. The molecular formula is C20H23N5O3. The van der Waals surface area contributed by atoms with E-state index in [0.717, 1.165) is 5.69 Å². The maximum atomic E-state index is 12.0. The lowest BCUT2D eigenvalue weighted by Gasteiger charge is -2.19. The number of nitrogens with zero attached hydrogens (tertiary/aromatic N) is 5. The molecule has 0 fully saturated rings. The van der Waals surface area contributed by atoms with Crippen molar-refractivity contribution in [3.8, 4) is 6.01 Å². The number of hydrogen-bond acceptors (Lipinski definition) is 7. The largest absolute Gasteiger partial charge is 0.467 e. The van der Waals surface area contributed by atoms with Crippen LogP contribution in [0, 0.1) is 0 Å². The van der Waals surface area contributed by atoms with E-state index in [1.807, 2.05) is 63.1 Å². The summed E-state index contributed by atoms with van der Waals surface area (Å²) in [7, 11) is 3.39. The van der Waals surface area contributed by atoms with Crippen LogP contribution >= 0.6 is 0 Å². The molecule has 0 saturated carbocycles. The zero-order valence-corrected chi connectivity index (χ0v) is 16.6. The van der Waals surface area contributed by atoms with Crippen LogP contribution in [0.15, 0.2) is 42.6 Å². The molecule has 0 unspecified atom stereocenters. The molecule has 0 amide bonds.